The van der Waals surface area contributed by atoms with E-state index >= 15 is 0 Å². The molecule has 0 saturated carbocycles. The molecule has 0 saturated heterocycles. The number of aromatic nitrogens is 3. The largest absolute Gasteiger partial charge is 0.586 e. The summed E-state index contributed by atoms with van der Waals surface area (Å²) in [4.78, 5) is 4.12. The van der Waals surface area contributed by atoms with Crippen LogP contribution in [0.5, 0.6) is 17.4 Å². The molecule has 180 valence electrons. The second-order valence-electron chi connectivity index (χ2n) is 8.11. The van der Waals surface area contributed by atoms with Gasteiger partial charge in [0.25, 0.3) is 0 Å². The zero-order chi connectivity index (χ0) is 24.3. The van der Waals surface area contributed by atoms with Crippen molar-refractivity contribution in [3.8, 4) is 23.1 Å². The molecule has 2 aliphatic rings. The molecule has 12 heteroatoms. The summed E-state index contributed by atoms with van der Waals surface area (Å²) >= 11 is 0. The molecule has 0 spiro atoms. The average molecular weight is 482 g/mol. The standard InChI is InChI=1S/C22H19F5N4O3/c1-11(12-5-6-16-17(9-12)34-22(26,27)33-16)32-18-10-13(7-8-29-18)31-19-14(3-2-4-15(19)28)20(30-31)21(23,24)25/h5-11,15H,2-4,28H2,1H3/t11-,15+/m0/s1. The molecule has 1 aromatic carbocycles. The Hall–Kier alpha value is -3.41. The second-order valence-corrected chi connectivity index (χ2v) is 8.11. The molecule has 1 aliphatic carbocycles. The summed E-state index contributed by atoms with van der Waals surface area (Å²) in [6, 6.07) is 6.61. The van der Waals surface area contributed by atoms with Crippen LogP contribution < -0.4 is 19.9 Å². The van der Waals surface area contributed by atoms with Gasteiger partial charge >= 0.3 is 12.5 Å². The van der Waals surface area contributed by atoms with E-state index < -0.39 is 30.3 Å². The fourth-order valence-corrected chi connectivity index (χ4v) is 4.21. The van der Waals surface area contributed by atoms with Gasteiger partial charge in [-0.3, -0.25) is 0 Å². The highest BCUT2D eigenvalue weighted by Gasteiger charge is 2.44. The van der Waals surface area contributed by atoms with Crippen molar-refractivity contribution in [3.05, 3.63) is 59.0 Å². The Balaban J connectivity index is 1.44. The Morgan fingerprint density at radius 1 is 1.18 bits per heavy atom. The number of pyridine rings is 1. The summed E-state index contributed by atoms with van der Waals surface area (Å²) in [6.45, 7) is 1.66. The van der Waals surface area contributed by atoms with Gasteiger partial charge < -0.3 is 19.9 Å². The van der Waals surface area contributed by atoms with E-state index in [-0.39, 0.29) is 29.4 Å². The molecule has 2 N–H and O–H groups in total. The summed E-state index contributed by atoms with van der Waals surface area (Å²) in [5.74, 6) is -0.118. The molecule has 5 rings (SSSR count). The lowest BCUT2D eigenvalue weighted by atomic mass is 9.92. The third kappa shape index (κ3) is 4.02. The number of fused-ring (bicyclic) bond motifs is 2. The second kappa shape index (κ2) is 7.83. The Kier molecular flexibility index (Phi) is 5.15. The fourth-order valence-electron chi connectivity index (χ4n) is 4.21. The van der Waals surface area contributed by atoms with Gasteiger partial charge in [-0.2, -0.15) is 18.3 Å². The van der Waals surface area contributed by atoms with Crippen molar-refractivity contribution in [3.63, 3.8) is 0 Å². The number of rotatable bonds is 4. The fraction of sp³-hybridized carbons (Fsp3) is 0.364. The molecule has 0 unspecified atom stereocenters. The maximum absolute atomic E-state index is 13.6. The molecule has 3 aromatic rings. The van der Waals surface area contributed by atoms with Crippen LogP contribution in [0.4, 0.5) is 22.0 Å². The van der Waals surface area contributed by atoms with Gasteiger partial charge in [0.1, 0.15) is 6.10 Å². The third-order valence-electron chi connectivity index (χ3n) is 5.74. The first kappa shape index (κ1) is 22.4. The number of ether oxygens (including phenoxy) is 3. The lowest BCUT2D eigenvalue weighted by molar-refractivity contribution is -0.286. The zero-order valence-electron chi connectivity index (χ0n) is 17.8. The van der Waals surface area contributed by atoms with Crippen molar-refractivity contribution in [2.75, 3.05) is 0 Å². The highest BCUT2D eigenvalue weighted by atomic mass is 19.4. The number of alkyl halides is 5. The molecule has 0 amide bonds. The minimum Gasteiger partial charge on any atom is -0.470 e. The first-order chi connectivity index (χ1) is 16.0. The van der Waals surface area contributed by atoms with Crippen LogP contribution in [0.3, 0.4) is 0 Å². The van der Waals surface area contributed by atoms with Gasteiger partial charge in [0.05, 0.1) is 11.4 Å². The van der Waals surface area contributed by atoms with Crippen LogP contribution in [-0.4, -0.2) is 21.1 Å². The molecular formula is C22H19F5N4O3. The topological polar surface area (TPSA) is 84.4 Å². The van der Waals surface area contributed by atoms with Crippen LogP contribution in [0, 0.1) is 0 Å². The van der Waals surface area contributed by atoms with E-state index in [1.165, 1.54) is 41.2 Å². The number of hydrogen-bond donors (Lipinski definition) is 1. The van der Waals surface area contributed by atoms with E-state index in [1.54, 1.807) is 6.92 Å². The number of halogens is 5. The molecule has 0 radical (unpaired) electrons. The Morgan fingerprint density at radius 2 is 1.94 bits per heavy atom. The normalized spacial score (nSPS) is 19.6. The SMILES string of the molecule is C[C@H](Oc1cc(-n2nc(C(F)(F)F)c3c2[C@H](N)CCC3)ccn1)c1ccc2c(c1)OC(F)(F)O2. The van der Waals surface area contributed by atoms with E-state index in [0.717, 1.165) is 0 Å². The summed E-state index contributed by atoms with van der Waals surface area (Å²) in [6.07, 6.45) is -6.27. The van der Waals surface area contributed by atoms with Crippen LogP contribution >= 0.6 is 0 Å². The number of hydrogen-bond acceptors (Lipinski definition) is 6. The maximum Gasteiger partial charge on any atom is 0.586 e. The van der Waals surface area contributed by atoms with Gasteiger partial charge in [-0.05, 0) is 49.9 Å². The predicted molar refractivity (Wildman–Crippen MR) is 108 cm³/mol. The number of benzene rings is 1. The summed E-state index contributed by atoms with van der Waals surface area (Å²) in [5.41, 5.74) is 6.45. The van der Waals surface area contributed by atoms with E-state index in [2.05, 4.69) is 19.6 Å². The average Bonchev–Trinajstić information content (AvgIpc) is 3.30. The van der Waals surface area contributed by atoms with Crippen LogP contribution in [0.25, 0.3) is 5.69 Å². The van der Waals surface area contributed by atoms with Gasteiger partial charge in [-0.15, -0.1) is 8.78 Å². The van der Waals surface area contributed by atoms with Gasteiger partial charge in [-0.1, -0.05) is 6.07 Å². The van der Waals surface area contributed by atoms with Crippen LogP contribution in [-0.2, 0) is 12.6 Å². The third-order valence-corrected chi connectivity index (χ3v) is 5.74. The molecular weight excluding hydrogens is 463 g/mol. The molecule has 0 fully saturated rings. The lowest BCUT2D eigenvalue weighted by Gasteiger charge is -2.21. The Labute approximate surface area is 190 Å². The van der Waals surface area contributed by atoms with E-state index in [0.29, 0.717) is 29.8 Å². The molecule has 7 nitrogen and oxygen atoms in total. The van der Waals surface area contributed by atoms with Gasteiger partial charge in [0, 0.05) is 23.9 Å². The molecule has 1 aliphatic heterocycles. The quantitative estimate of drug-likeness (QED) is 0.522. The molecule has 2 atom stereocenters. The summed E-state index contributed by atoms with van der Waals surface area (Å²) < 4.78 is 83.2. The summed E-state index contributed by atoms with van der Waals surface area (Å²) in [5, 5.41) is 3.84. The highest BCUT2D eigenvalue weighted by Crippen LogP contribution is 2.43. The van der Waals surface area contributed by atoms with Crippen molar-refractivity contribution in [1.82, 2.24) is 14.8 Å². The highest BCUT2D eigenvalue weighted by molar-refractivity contribution is 5.46. The van der Waals surface area contributed by atoms with Gasteiger partial charge in [0.15, 0.2) is 17.2 Å². The molecule has 2 aromatic heterocycles. The van der Waals surface area contributed by atoms with Gasteiger partial charge in [-0.25, -0.2) is 9.67 Å². The lowest BCUT2D eigenvalue weighted by Crippen LogP contribution is -2.25. The monoisotopic (exact) mass is 482 g/mol. The Morgan fingerprint density at radius 3 is 2.71 bits per heavy atom. The van der Waals surface area contributed by atoms with Crippen molar-refractivity contribution < 1.29 is 36.2 Å². The number of nitrogens with zero attached hydrogens (tertiary/aromatic N) is 3. The van der Waals surface area contributed by atoms with Crippen molar-refractivity contribution in [2.24, 2.45) is 5.73 Å². The smallest absolute Gasteiger partial charge is 0.470 e. The summed E-state index contributed by atoms with van der Waals surface area (Å²) in [7, 11) is 0. The zero-order valence-corrected chi connectivity index (χ0v) is 17.8. The minimum atomic E-state index is -4.61. The Bertz CT molecular complexity index is 1240. The van der Waals surface area contributed by atoms with E-state index in [4.69, 9.17) is 10.5 Å². The molecule has 34 heavy (non-hydrogen) atoms. The first-order valence-electron chi connectivity index (χ1n) is 10.5. The number of nitrogens with two attached hydrogens (primary N) is 1. The first-order valence-corrected chi connectivity index (χ1v) is 10.5. The van der Waals surface area contributed by atoms with E-state index in [9.17, 15) is 22.0 Å². The predicted octanol–water partition coefficient (Wildman–Crippen LogP) is 5.08. The molecule has 3 heterocycles. The van der Waals surface area contributed by atoms with Crippen LogP contribution in [0.2, 0.25) is 0 Å². The van der Waals surface area contributed by atoms with Crippen LogP contribution in [0.1, 0.15) is 54.4 Å². The van der Waals surface area contributed by atoms with E-state index in [1.807, 2.05) is 0 Å². The van der Waals surface area contributed by atoms with Gasteiger partial charge in [0.2, 0.25) is 5.88 Å². The maximum atomic E-state index is 13.6. The van der Waals surface area contributed by atoms with Crippen molar-refractivity contribution >= 4 is 0 Å². The minimum absolute atomic E-state index is 0.0960. The van der Waals surface area contributed by atoms with Crippen LogP contribution in [0.15, 0.2) is 36.5 Å². The van der Waals surface area contributed by atoms with Crippen molar-refractivity contribution in [1.29, 1.82) is 0 Å². The van der Waals surface area contributed by atoms with Crippen molar-refractivity contribution in [2.45, 2.75) is 50.8 Å². The molecule has 0 bridgehead atoms.